The van der Waals surface area contributed by atoms with Crippen LogP contribution in [-0.4, -0.2) is 75.8 Å². The number of ether oxygens (including phenoxy) is 2. The van der Waals surface area contributed by atoms with Gasteiger partial charge in [-0.25, -0.2) is 19.6 Å². The number of carbonyl (C=O) groups excluding carboxylic acids is 2. The second-order valence-electron chi connectivity index (χ2n) is 11.1. The molecule has 1 aromatic carbocycles. The van der Waals surface area contributed by atoms with E-state index in [1.54, 1.807) is 17.0 Å². The fraction of sp³-hybridized carbons (Fsp3) is 0.538. The average molecular weight is 579 g/mol. The van der Waals surface area contributed by atoms with Gasteiger partial charge < -0.3 is 30.7 Å². The van der Waals surface area contributed by atoms with Crippen molar-refractivity contribution in [1.29, 1.82) is 0 Å². The van der Waals surface area contributed by atoms with E-state index in [9.17, 15) is 9.59 Å². The minimum absolute atomic E-state index is 0.0302. The minimum Gasteiger partial charge on any atom is -0.491 e. The Morgan fingerprint density at radius 1 is 1.10 bits per heavy atom. The molecule has 3 amide bonds. The van der Waals surface area contributed by atoms with E-state index in [2.05, 4.69) is 25.5 Å². The standard InChI is InChI=1S/C26H33Cl2N7O4/c1-26(2,3)39-25(37)31-16-10-34(11-16)6-7-38-20-9-14(27)8-18(28)21(20)22-17-12-35(24(36)30-15-4-5-15)13-19(17)32-23(29)33-22/h8-9,15-16H,4-7,10-13H2,1-3H3,(H,30,36)(H,31,37)(H2,29,32,33). The first-order chi connectivity index (χ1) is 18.4. The number of nitrogens with one attached hydrogen (secondary N) is 2. The zero-order valence-corrected chi connectivity index (χ0v) is 23.7. The molecule has 2 aliphatic heterocycles. The Labute approximate surface area is 237 Å². The van der Waals surface area contributed by atoms with E-state index in [1.165, 1.54) is 0 Å². The largest absolute Gasteiger partial charge is 0.491 e. The van der Waals surface area contributed by atoms with Gasteiger partial charge in [-0.2, -0.15) is 0 Å². The van der Waals surface area contributed by atoms with E-state index in [1.807, 2.05) is 20.8 Å². The number of hydrogen-bond donors (Lipinski definition) is 3. The number of nitrogens with two attached hydrogens (primary N) is 1. The van der Waals surface area contributed by atoms with Crippen LogP contribution in [-0.2, 0) is 17.8 Å². The normalized spacial score (nSPS) is 17.4. The smallest absolute Gasteiger partial charge is 0.407 e. The van der Waals surface area contributed by atoms with Crippen molar-refractivity contribution in [3.63, 3.8) is 0 Å². The lowest BCUT2D eigenvalue weighted by Gasteiger charge is -2.39. The highest BCUT2D eigenvalue weighted by Gasteiger charge is 2.33. The molecule has 1 aromatic heterocycles. The quantitative estimate of drug-likeness (QED) is 0.452. The van der Waals surface area contributed by atoms with E-state index in [-0.39, 0.29) is 24.1 Å². The number of halogens is 2. The molecule has 210 valence electrons. The second kappa shape index (κ2) is 10.9. The molecule has 2 fully saturated rings. The highest BCUT2D eigenvalue weighted by atomic mass is 35.5. The van der Waals surface area contributed by atoms with Crippen molar-refractivity contribution in [2.24, 2.45) is 0 Å². The van der Waals surface area contributed by atoms with Gasteiger partial charge >= 0.3 is 12.1 Å². The van der Waals surface area contributed by atoms with E-state index >= 15 is 0 Å². The number of hydrogen-bond acceptors (Lipinski definition) is 8. The van der Waals surface area contributed by atoms with E-state index in [0.29, 0.717) is 72.1 Å². The van der Waals surface area contributed by atoms with Gasteiger partial charge in [0, 0.05) is 36.3 Å². The number of likely N-dealkylation sites (tertiary alicyclic amines) is 1. The van der Waals surface area contributed by atoms with Crippen molar-refractivity contribution in [2.75, 3.05) is 32.0 Å². The van der Waals surface area contributed by atoms with E-state index < -0.39 is 11.7 Å². The van der Waals surface area contributed by atoms with Crippen LogP contribution >= 0.6 is 23.2 Å². The minimum atomic E-state index is -0.535. The zero-order valence-electron chi connectivity index (χ0n) is 22.2. The third kappa shape index (κ3) is 6.77. The lowest BCUT2D eigenvalue weighted by molar-refractivity contribution is 0.0386. The predicted molar refractivity (Wildman–Crippen MR) is 148 cm³/mol. The van der Waals surface area contributed by atoms with Crippen LogP contribution in [0.4, 0.5) is 15.5 Å². The molecule has 3 aliphatic rings. The van der Waals surface area contributed by atoms with E-state index in [0.717, 1.165) is 18.4 Å². The molecule has 39 heavy (non-hydrogen) atoms. The van der Waals surface area contributed by atoms with Gasteiger partial charge in [0.2, 0.25) is 5.95 Å². The molecule has 1 saturated heterocycles. The summed E-state index contributed by atoms with van der Waals surface area (Å²) in [5, 5.41) is 6.68. The van der Waals surface area contributed by atoms with Crippen molar-refractivity contribution >= 4 is 41.3 Å². The molecule has 0 spiro atoms. The summed E-state index contributed by atoms with van der Waals surface area (Å²) in [6.45, 7) is 8.56. The van der Waals surface area contributed by atoms with Crippen LogP contribution in [0.5, 0.6) is 5.75 Å². The van der Waals surface area contributed by atoms with Crippen LogP contribution in [0.25, 0.3) is 11.3 Å². The average Bonchev–Trinajstić information content (AvgIpc) is 3.50. The van der Waals surface area contributed by atoms with Crippen LogP contribution in [0.15, 0.2) is 12.1 Å². The maximum atomic E-state index is 12.7. The van der Waals surface area contributed by atoms with Gasteiger partial charge in [-0.05, 0) is 45.7 Å². The van der Waals surface area contributed by atoms with Crippen molar-refractivity contribution in [3.05, 3.63) is 33.4 Å². The van der Waals surface area contributed by atoms with Gasteiger partial charge in [0.15, 0.2) is 0 Å². The van der Waals surface area contributed by atoms with Gasteiger partial charge in [-0.3, -0.25) is 4.90 Å². The summed E-state index contributed by atoms with van der Waals surface area (Å²) in [4.78, 5) is 37.4. The monoisotopic (exact) mass is 577 g/mol. The highest BCUT2D eigenvalue weighted by Crippen LogP contribution is 2.42. The molecule has 4 N–H and O–H groups in total. The number of urea groups is 1. The summed E-state index contributed by atoms with van der Waals surface area (Å²) in [6, 6.07) is 3.47. The Kier molecular flexibility index (Phi) is 7.67. The number of nitrogens with zero attached hydrogens (tertiary/aromatic N) is 4. The van der Waals surface area contributed by atoms with Crippen LogP contribution in [0.3, 0.4) is 0 Å². The molecule has 3 heterocycles. The van der Waals surface area contributed by atoms with Crippen molar-refractivity contribution in [2.45, 2.75) is 64.4 Å². The molecule has 2 aromatic rings. The molecule has 5 rings (SSSR count). The lowest BCUT2D eigenvalue weighted by atomic mass is 10.0. The van der Waals surface area contributed by atoms with Crippen LogP contribution in [0.2, 0.25) is 10.0 Å². The summed E-state index contributed by atoms with van der Waals surface area (Å²) in [6.07, 6.45) is 1.59. The number of amides is 3. The molecule has 11 nitrogen and oxygen atoms in total. The summed E-state index contributed by atoms with van der Waals surface area (Å²) in [5.41, 5.74) is 8.08. The molecule has 0 bridgehead atoms. The SMILES string of the molecule is CC(C)(C)OC(=O)NC1CN(CCOc2cc(Cl)cc(Cl)c2-c2nc(N)nc3c2CN(C(=O)NC2CC2)C3)C1. The molecular weight excluding hydrogens is 545 g/mol. The number of carbonyl (C=O) groups is 2. The third-order valence-corrected chi connectivity index (χ3v) is 7.11. The first-order valence-corrected chi connectivity index (χ1v) is 13.8. The first kappa shape index (κ1) is 27.5. The Balaban J connectivity index is 1.25. The highest BCUT2D eigenvalue weighted by molar-refractivity contribution is 6.37. The summed E-state index contributed by atoms with van der Waals surface area (Å²) >= 11 is 13.0. The van der Waals surface area contributed by atoms with Gasteiger partial charge in [-0.1, -0.05) is 23.2 Å². The molecule has 1 aliphatic carbocycles. The number of fused-ring (bicyclic) bond motifs is 1. The Hall–Kier alpha value is -3.02. The maximum absolute atomic E-state index is 12.7. The van der Waals surface area contributed by atoms with Crippen LogP contribution < -0.4 is 21.1 Å². The van der Waals surface area contributed by atoms with Gasteiger partial charge in [0.05, 0.1) is 41.1 Å². The molecule has 13 heteroatoms. The van der Waals surface area contributed by atoms with Crippen molar-refractivity contribution in [1.82, 2.24) is 30.4 Å². The topological polar surface area (TPSA) is 135 Å². The van der Waals surface area contributed by atoms with Crippen molar-refractivity contribution in [3.8, 4) is 17.0 Å². The number of rotatable bonds is 7. The molecule has 0 atom stereocenters. The molecule has 1 saturated carbocycles. The predicted octanol–water partition coefficient (Wildman–Crippen LogP) is 3.81. The summed E-state index contributed by atoms with van der Waals surface area (Å²) < 4.78 is 11.5. The fourth-order valence-corrected chi connectivity index (χ4v) is 5.18. The third-order valence-electron chi connectivity index (χ3n) is 6.59. The van der Waals surface area contributed by atoms with Gasteiger partial charge in [0.25, 0.3) is 0 Å². The maximum Gasteiger partial charge on any atom is 0.407 e. The van der Waals surface area contributed by atoms with Gasteiger partial charge in [-0.15, -0.1) is 0 Å². The first-order valence-electron chi connectivity index (χ1n) is 13.0. The summed E-state index contributed by atoms with van der Waals surface area (Å²) in [5.74, 6) is 0.562. The van der Waals surface area contributed by atoms with Crippen LogP contribution in [0.1, 0.15) is 44.9 Å². The second-order valence-corrected chi connectivity index (χ2v) is 12.0. The molecule has 0 unspecified atom stereocenters. The van der Waals surface area contributed by atoms with Gasteiger partial charge in [0.1, 0.15) is 18.0 Å². The number of anilines is 1. The number of alkyl carbamates (subject to hydrolysis) is 1. The Morgan fingerprint density at radius 2 is 1.85 bits per heavy atom. The zero-order chi connectivity index (χ0) is 27.9. The lowest BCUT2D eigenvalue weighted by Crippen LogP contribution is -2.60. The summed E-state index contributed by atoms with van der Waals surface area (Å²) in [7, 11) is 0. The molecule has 0 radical (unpaired) electrons. The Bertz CT molecular complexity index is 1280. The molecular formula is C26H33Cl2N7O4. The Morgan fingerprint density at radius 3 is 2.54 bits per heavy atom. The number of benzene rings is 1. The number of aromatic nitrogens is 2. The fourth-order valence-electron chi connectivity index (χ4n) is 4.61. The van der Waals surface area contributed by atoms with E-state index in [4.69, 9.17) is 38.4 Å². The van der Waals surface area contributed by atoms with Crippen LogP contribution in [0, 0.1) is 0 Å². The number of nitrogen functional groups attached to an aromatic ring is 1. The van der Waals surface area contributed by atoms with Crippen molar-refractivity contribution < 1.29 is 19.1 Å².